The first-order chi connectivity index (χ1) is 9.47. The maximum atomic E-state index is 12.1. The highest BCUT2D eigenvalue weighted by atomic mass is 16.6. The summed E-state index contributed by atoms with van der Waals surface area (Å²) in [5, 5.41) is 22.8. The molecule has 2 aromatic carbocycles. The highest BCUT2D eigenvalue weighted by molar-refractivity contribution is 6.07. The van der Waals surface area contributed by atoms with Crippen LogP contribution in [0.1, 0.15) is 15.9 Å². The number of benzene rings is 2. The van der Waals surface area contributed by atoms with Gasteiger partial charge >= 0.3 is 0 Å². The van der Waals surface area contributed by atoms with E-state index in [0.717, 1.165) is 5.56 Å². The standard InChI is InChI=1S/C14H12N2O4/c1-9-5-6-13(16(19)20)12(7-9)14(18)15-10-3-2-4-11(17)8-10/h2-8,17H,1H3,(H,15,18). The van der Waals surface area contributed by atoms with Gasteiger partial charge in [0.2, 0.25) is 0 Å². The molecule has 2 aromatic rings. The predicted molar refractivity (Wildman–Crippen MR) is 73.9 cm³/mol. The number of anilines is 1. The van der Waals surface area contributed by atoms with E-state index in [9.17, 15) is 20.0 Å². The van der Waals surface area contributed by atoms with Crippen LogP contribution < -0.4 is 5.32 Å². The summed E-state index contributed by atoms with van der Waals surface area (Å²) in [6.45, 7) is 1.74. The van der Waals surface area contributed by atoms with E-state index in [-0.39, 0.29) is 17.0 Å². The summed E-state index contributed by atoms with van der Waals surface area (Å²) in [5.74, 6) is -0.590. The van der Waals surface area contributed by atoms with Crippen molar-refractivity contribution < 1.29 is 14.8 Å². The van der Waals surface area contributed by atoms with Gasteiger partial charge in [-0.2, -0.15) is 0 Å². The van der Waals surface area contributed by atoms with Crippen molar-refractivity contribution >= 4 is 17.3 Å². The lowest BCUT2D eigenvalue weighted by Gasteiger charge is -2.07. The number of phenolic OH excluding ortho intramolecular Hbond substituents is 1. The zero-order valence-corrected chi connectivity index (χ0v) is 10.7. The zero-order chi connectivity index (χ0) is 14.7. The number of aromatic hydroxyl groups is 1. The Morgan fingerprint density at radius 1 is 1.25 bits per heavy atom. The second-order valence-corrected chi connectivity index (χ2v) is 4.28. The van der Waals surface area contributed by atoms with Gasteiger partial charge in [0.1, 0.15) is 11.3 Å². The monoisotopic (exact) mass is 272 g/mol. The van der Waals surface area contributed by atoms with Gasteiger partial charge in [-0.25, -0.2) is 0 Å². The summed E-state index contributed by atoms with van der Waals surface area (Å²) in [6, 6.07) is 10.3. The van der Waals surface area contributed by atoms with E-state index in [1.807, 2.05) is 0 Å². The van der Waals surface area contributed by atoms with Crippen LogP contribution in [0.5, 0.6) is 5.75 Å². The second-order valence-electron chi connectivity index (χ2n) is 4.28. The molecule has 102 valence electrons. The highest BCUT2D eigenvalue weighted by Crippen LogP contribution is 2.22. The first-order valence-electron chi connectivity index (χ1n) is 5.83. The zero-order valence-electron chi connectivity index (χ0n) is 10.7. The van der Waals surface area contributed by atoms with Gasteiger partial charge in [-0.15, -0.1) is 0 Å². The molecule has 0 radical (unpaired) electrons. The fourth-order valence-corrected chi connectivity index (χ4v) is 1.77. The normalized spacial score (nSPS) is 10.1. The van der Waals surface area contributed by atoms with Crippen molar-refractivity contribution in [2.24, 2.45) is 0 Å². The molecule has 1 amide bonds. The van der Waals surface area contributed by atoms with Crippen molar-refractivity contribution in [3.8, 4) is 5.75 Å². The van der Waals surface area contributed by atoms with Gasteiger partial charge in [0.05, 0.1) is 4.92 Å². The second kappa shape index (κ2) is 5.40. The minimum atomic E-state index is -0.600. The Labute approximate surface area is 114 Å². The Balaban J connectivity index is 2.34. The number of nitrogens with one attached hydrogen (secondary N) is 1. The number of carbonyl (C=O) groups is 1. The number of amides is 1. The molecule has 0 spiro atoms. The van der Waals surface area contributed by atoms with E-state index in [0.29, 0.717) is 5.69 Å². The highest BCUT2D eigenvalue weighted by Gasteiger charge is 2.20. The van der Waals surface area contributed by atoms with Crippen LogP contribution in [0.2, 0.25) is 0 Å². The number of phenols is 1. The van der Waals surface area contributed by atoms with E-state index >= 15 is 0 Å². The van der Waals surface area contributed by atoms with Gasteiger partial charge in [-0.3, -0.25) is 14.9 Å². The molecule has 0 aliphatic heterocycles. The van der Waals surface area contributed by atoms with Crippen LogP contribution in [0.3, 0.4) is 0 Å². The summed E-state index contributed by atoms with van der Waals surface area (Å²) in [6.07, 6.45) is 0. The fourth-order valence-electron chi connectivity index (χ4n) is 1.77. The Kier molecular flexibility index (Phi) is 3.65. The van der Waals surface area contributed by atoms with Gasteiger partial charge in [-0.05, 0) is 30.7 Å². The summed E-state index contributed by atoms with van der Waals surface area (Å²) in [7, 11) is 0. The Morgan fingerprint density at radius 2 is 2.00 bits per heavy atom. The molecule has 2 N–H and O–H groups in total. The van der Waals surface area contributed by atoms with Crippen molar-refractivity contribution in [2.45, 2.75) is 6.92 Å². The van der Waals surface area contributed by atoms with Crippen LogP contribution in [0, 0.1) is 17.0 Å². The molecular formula is C14H12N2O4. The third kappa shape index (κ3) is 2.92. The van der Waals surface area contributed by atoms with Crippen molar-refractivity contribution in [1.82, 2.24) is 0 Å². The number of nitro groups is 1. The van der Waals surface area contributed by atoms with Crippen LogP contribution in [0.4, 0.5) is 11.4 Å². The number of aryl methyl sites for hydroxylation is 1. The molecule has 0 atom stereocenters. The lowest BCUT2D eigenvalue weighted by molar-refractivity contribution is -0.385. The number of hydrogen-bond donors (Lipinski definition) is 2. The van der Waals surface area contributed by atoms with Crippen LogP contribution in [0.15, 0.2) is 42.5 Å². The van der Waals surface area contributed by atoms with Crippen LogP contribution >= 0.6 is 0 Å². The Hall–Kier alpha value is -2.89. The molecule has 0 aliphatic carbocycles. The molecule has 2 rings (SSSR count). The molecule has 6 heteroatoms. The number of nitro benzene ring substituents is 1. The van der Waals surface area contributed by atoms with E-state index in [4.69, 9.17) is 0 Å². The molecule has 0 aliphatic rings. The number of hydrogen-bond acceptors (Lipinski definition) is 4. The topological polar surface area (TPSA) is 92.5 Å². The molecule has 0 heterocycles. The molecule has 0 aromatic heterocycles. The average molecular weight is 272 g/mol. The third-order valence-corrected chi connectivity index (χ3v) is 2.70. The molecule has 6 nitrogen and oxygen atoms in total. The fraction of sp³-hybridized carbons (Fsp3) is 0.0714. The number of carbonyl (C=O) groups excluding carboxylic acids is 1. The SMILES string of the molecule is Cc1ccc([N+](=O)[O-])c(C(=O)Nc2cccc(O)c2)c1. The molecule has 20 heavy (non-hydrogen) atoms. The molecule has 0 bridgehead atoms. The van der Waals surface area contributed by atoms with Crippen molar-refractivity contribution in [3.05, 3.63) is 63.7 Å². The lowest BCUT2D eigenvalue weighted by Crippen LogP contribution is -2.14. The predicted octanol–water partition coefficient (Wildman–Crippen LogP) is 2.86. The smallest absolute Gasteiger partial charge is 0.282 e. The molecule has 0 saturated carbocycles. The molecular weight excluding hydrogens is 260 g/mol. The van der Waals surface area contributed by atoms with Crippen molar-refractivity contribution in [3.63, 3.8) is 0 Å². The third-order valence-electron chi connectivity index (χ3n) is 2.70. The summed E-state index contributed by atoms with van der Waals surface area (Å²) in [4.78, 5) is 22.4. The van der Waals surface area contributed by atoms with Crippen molar-refractivity contribution in [1.29, 1.82) is 0 Å². The first kappa shape index (κ1) is 13.5. The van der Waals surface area contributed by atoms with Gasteiger partial charge in [0.25, 0.3) is 11.6 Å². The van der Waals surface area contributed by atoms with Crippen molar-refractivity contribution in [2.75, 3.05) is 5.32 Å². The number of rotatable bonds is 3. The first-order valence-corrected chi connectivity index (χ1v) is 5.83. The summed E-state index contributed by atoms with van der Waals surface area (Å²) in [5.41, 5.74) is 0.842. The maximum absolute atomic E-state index is 12.1. The van der Waals surface area contributed by atoms with Crippen LogP contribution in [-0.4, -0.2) is 15.9 Å². The summed E-state index contributed by atoms with van der Waals surface area (Å²) < 4.78 is 0. The minimum absolute atomic E-state index is 0.00143. The van der Waals surface area contributed by atoms with E-state index in [1.165, 1.54) is 24.3 Å². The van der Waals surface area contributed by atoms with E-state index in [2.05, 4.69) is 5.32 Å². The maximum Gasteiger partial charge on any atom is 0.282 e. The van der Waals surface area contributed by atoms with E-state index < -0.39 is 10.8 Å². The molecule has 0 saturated heterocycles. The van der Waals surface area contributed by atoms with Gasteiger partial charge in [-0.1, -0.05) is 12.1 Å². The summed E-state index contributed by atoms with van der Waals surface area (Å²) >= 11 is 0. The molecule has 0 fully saturated rings. The van der Waals surface area contributed by atoms with Crippen LogP contribution in [-0.2, 0) is 0 Å². The van der Waals surface area contributed by atoms with Gasteiger partial charge < -0.3 is 10.4 Å². The van der Waals surface area contributed by atoms with Gasteiger partial charge in [0, 0.05) is 17.8 Å². The Morgan fingerprint density at radius 3 is 2.65 bits per heavy atom. The Bertz CT molecular complexity index is 683. The van der Waals surface area contributed by atoms with Gasteiger partial charge in [0.15, 0.2) is 0 Å². The largest absolute Gasteiger partial charge is 0.508 e. The quantitative estimate of drug-likeness (QED) is 0.663. The average Bonchev–Trinajstić information content (AvgIpc) is 2.38. The lowest BCUT2D eigenvalue weighted by atomic mass is 10.1. The minimum Gasteiger partial charge on any atom is -0.508 e. The number of nitrogens with zero attached hydrogens (tertiary/aromatic N) is 1. The van der Waals surface area contributed by atoms with Crippen LogP contribution in [0.25, 0.3) is 0 Å². The van der Waals surface area contributed by atoms with E-state index in [1.54, 1.807) is 25.1 Å². The molecule has 0 unspecified atom stereocenters.